The van der Waals surface area contributed by atoms with Crippen molar-refractivity contribution in [2.75, 3.05) is 0 Å². The van der Waals surface area contributed by atoms with Gasteiger partial charge in [0.15, 0.2) is 0 Å². The van der Waals surface area contributed by atoms with Gasteiger partial charge in [-0.1, -0.05) is 20.4 Å². The second-order valence-corrected chi connectivity index (χ2v) is 5.42. The lowest BCUT2D eigenvalue weighted by Crippen LogP contribution is -2.19. The van der Waals surface area contributed by atoms with Crippen LogP contribution in [-0.2, 0) is 9.53 Å². The zero-order chi connectivity index (χ0) is 10.3. The molecule has 1 saturated carbocycles. The van der Waals surface area contributed by atoms with Gasteiger partial charge in [-0.25, -0.2) is 4.79 Å². The summed E-state index contributed by atoms with van der Waals surface area (Å²) in [6.45, 7) is 8.30. The zero-order valence-corrected chi connectivity index (χ0v) is 9.01. The van der Waals surface area contributed by atoms with Crippen molar-refractivity contribution in [1.29, 1.82) is 0 Å². The third kappa shape index (κ3) is 1.70. The first-order valence-corrected chi connectivity index (χ1v) is 5.37. The molecule has 14 heavy (non-hydrogen) atoms. The van der Waals surface area contributed by atoms with Crippen LogP contribution in [0.5, 0.6) is 0 Å². The van der Waals surface area contributed by atoms with Crippen molar-refractivity contribution in [3.63, 3.8) is 0 Å². The summed E-state index contributed by atoms with van der Waals surface area (Å²) in [6.07, 6.45) is 4.49. The number of ether oxygens (including phenoxy) is 1. The molecule has 0 radical (unpaired) electrons. The van der Waals surface area contributed by atoms with E-state index in [9.17, 15) is 4.79 Å². The van der Waals surface area contributed by atoms with Gasteiger partial charge in [0.25, 0.3) is 0 Å². The van der Waals surface area contributed by atoms with Crippen molar-refractivity contribution >= 4 is 5.97 Å². The average molecular weight is 194 g/mol. The lowest BCUT2D eigenvalue weighted by molar-refractivity contribution is -0.140. The molecule has 0 aromatic heterocycles. The molecule has 0 amide bonds. The van der Waals surface area contributed by atoms with Crippen molar-refractivity contribution in [3.8, 4) is 0 Å². The highest BCUT2D eigenvalue weighted by atomic mass is 16.5. The van der Waals surface area contributed by atoms with E-state index in [4.69, 9.17) is 4.74 Å². The Bertz CT molecular complexity index is 262. The molecule has 2 nitrogen and oxygen atoms in total. The minimum atomic E-state index is -0.181. The molecule has 78 valence electrons. The van der Waals surface area contributed by atoms with E-state index in [0.717, 1.165) is 6.42 Å². The fraction of sp³-hybridized carbons (Fsp3) is 0.750. The summed E-state index contributed by atoms with van der Waals surface area (Å²) in [5, 5.41) is 0. The smallest absolute Gasteiger partial charge is 0.333 e. The predicted octanol–water partition coefficient (Wildman–Crippen LogP) is 2.68. The average Bonchev–Trinajstić information content (AvgIpc) is 2.57. The topological polar surface area (TPSA) is 26.3 Å². The van der Waals surface area contributed by atoms with Crippen molar-refractivity contribution in [1.82, 2.24) is 0 Å². The molecular formula is C12H18O2. The van der Waals surface area contributed by atoms with Gasteiger partial charge < -0.3 is 4.74 Å². The Morgan fingerprint density at radius 1 is 1.50 bits per heavy atom. The maximum absolute atomic E-state index is 11.2. The van der Waals surface area contributed by atoms with Gasteiger partial charge in [0.1, 0.15) is 6.10 Å². The molecule has 0 spiro atoms. The van der Waals surface area contributed by atoms with Crippen LogP contribution < -0.4 is 0 Å². The fourth-order valence-electron chi connectivity index (χ4n) is 2.66. The SMILES string of the molecule is C=C1CC(C2CCC(C)(C)C2)OC1=O. The largest absolute Gasteiger partial charge is 0.458 e. The Balaban J connectivity index is 1.99. The Morgan fingerprint density at radius 2 is 2.21 bits per heavy atom. The van der Waals surface area contributed by atoms with Crippen molar-refractivity contribution in [2.24, 2.45) is 11.3 Å². The maximum Gasteiger partial charge on any atom is 0.333 e. The summed E-state index contributed by atoms with van der Waals surface area (Å²) in [4.78, 5) is 11.2. The molecule has 2 rings (SSSR count). The molecule has 2 aliphatic rings. The highest BCUT2D eigenvalue weighted by Gasteiger charge is 2.40. The Morgan fingerprint density at radius 3 is 2.64 bits per heavy atom. The normalized spacial score (nSPS) is 36.1. The number of carbonyl (C=O) groups is 1. The van der Waals surface area contributed by atoms with Gasteiger partial charge in [-0.05, 0) is 30.6 Å². The fourth-order valence-corrected chi connectivity index (χ4v) is 2.66. The lowest BCUT2D eigenvalue weighted by Gasteiger charge is -2.20. The molecule has 0 N–H and O–H groups in total. The summed E-state index contributed by atoms with van der Waals surface area (Å²) in [7, 11) is 0. The molecule has 1 aliphatic carbocycles. The standard InChI is InChI=1S/C12H18O2/c1-8-6-10(14-11(8)13)9-4-5-12(2,3)7-9/h9-10H,1,4-7H2,2-3H3. The van der Waals surface area contributed by atoms with Crippen LogP contribution >= 0.6 is 0 Å². The first-order valence-electron chi connectivity index (χ1n) is 5.37. The summed E-state index contributed by atoms with van der Waals surface area (Å²) in [5.74, 6) is 0.382. The van der Waals surface area contributed by atoms with Gasteiger partial charge in [-0.3, -0.25) is 0 Å². The van der Waals surface area contributed by atoms with Crippen LogP contribution in [0.2, 0.25) is 0 Å². The molecule has 2 unspecified atom stereocenters. The summed E-state index contributed by atoms with van der Waals surface area (Å²) in [5.41, 5.74) is 1.08. The summed E-state index contributed by atoms with van der Waals surface area (Å²) in [6, 6.07) is 0. The van der Waals surface area contributed by atoms with Crippen molar-refractivity contribution in [3.05, 3.63) is 12.2 Å². The van der Waals surface area contributed by atoms with E-state index in [2.05, 4.69) is 20.4 Å². The third-order valence-electron chi connectivity index (χ3n) is 3.53. The molecule has 2 heteroatoms. The molecule has 0 aromatic rings. The van der Waals surface area contributed by atoms with E-state index in [1.54, 1.807) is 0 Å². The third-order valence-corrected chi connectivity index (χ3v) is 3.53. The minimum Gasteiger partial charge on any atom is -0.458 e. The lowest BCUT2D eigenvalue weighted by atomic mass is 9.88. The number of carbonyl (C=O) groups excluding carboxylic acids is 1. The van der Waals surface area contributed by atoms with Crippen molar-refractivity contribution in [2.45, 2.75) is 45.6 Å². The van der Waals surface area contributed by atoms with E-state index < -0.39 is 0 Å². The van der Waals surface area contributed by atoms with Gasteiger partial charge in [-0.15, -0.1) is 0 Å². The van der Waals surface area contributed by atoms with Gasteiger partial charge in [-0.2, -0.15) is 0 Å². The van der Waals surface area contributed by atoms with Crippen molar-refractivity contribution < 1.29 is 9.53 Å². The Labute approximate surface area is 85.3 Å². The van der Waals surface area contributed by atoms with Crippen LogP contribution in [0.4, 0.5) is 0 Å². The highest BCUT2D eigenvalue weighted by molar-refractivity contribution is 5.89. The Hall–Kier alpha value is -0.790. The van der Waals surface area contributed by atoms with Gasteiger partial charge >= 0.3 is 5.97 Å². The molecule has 0 bridgehead atoms. The first-order chi connectivity index (χ1) is 6.48. The summed E-state index contributed by atoms with van der Waals surface area (Å²) >= 11 is 0. The van der Waals surface area contributed by atoms with Gasteiger partial charge in [0.05, 0.1) is 0 Å². The number of rotatable bonds is 1. The number of hydrogen-bond donors (Lipinski definition) is 0. The Kier molecular flexibility index (Phi) is 2.17. The monoisotopic (exact) mass is 194 g/mol. The number of esters is 1. The molecule has 2 atom stereocenters. The van der Waals surface area contributed by atoms with E-state index in [-0.39, 0.29) is 12.1 Å². The van der Waals surface area contributed by atoms with Crippen LogP contribution in [0.25, 0.3) is 0 Å². The number of cyclic esters (lactones) is 1. The predicted molar refractivity (Wildman–Crippen MR) is 54.8 cm³/mol. The van der Waals surface area contributed by atoms with E-state index in [0.29, 0.717) is 16.9 Å². The molecule has 1 heterocycles. The number of hydrogen-bond acceptors (Lipinski definition) is 2. The van der Waals surface area contributed by atoms with Gasteiger partial charge in [0, 0.05) is 12.0 Å². The molecule has 2 fully saturated rings. The highest BCUT2D eigenvalue weighted by Crippen LogP contribution is 2.45. The molecule has 1 aliphatic heterocycles. The van der Waals surface area contributed by atoms with E-state index in [1.165, 1.54) is 19.3 Å². The molecular weight excluding hydrogens is 176 g/mol. The maximum atomic E-state index is 11.2. The van der Waals surface area contributed by atoms with Crippen LogP contribution in [0.15, 0.2) is 12.2 Å². The zero-order valence-electron chi connectivity index (χ0n) is 9.01. The second kappa shape index (κ2) is 3.11. The van der Waals surface area contributed by atoms with Crippen LogP contribution in [0.3, 0.4) is 0 Å². The van der Waals surface area contributed by atoms with E-state index >= 15 is 0 Å². The quantitative estimate of drug-likeness (QED) is 0.474. The van der Waals surface area contributed by atoms with E-state index in [1.807, 2.05) is 0 Å². The van der Waals surface area contributed by atoms with Crippen LogP contribution in [0.1, 0.15) is 39.5 Å². The van der Waals surface area contributed by atoms with Crippen LogP contribution in [-0.4, -0.2) is 12.1 Å². The molecule has 0 aromatic carbocycles. The van der Waals surface area contributed by atoms with Gasteiger partial charge in [0.2, 0.25) is 0 Å². The summed E-state index contributed by atoms with van der Waals surface area (Å²) < 4.78 is 5.31. The molecule has 1 saturated heterocycles. The van der Waals surface area contributed by atoms with Crippen LogP contribution in [0, 0.1) is 11.3 Å². The minimum absolute atomic E-state index is 0.122. The second-order valence-electron chi connectivity index (χ2n) is 5.42. The first kappa shape index (κ1) is 9.75.